The lowest BCUT2D eigenvalue weighted by Crippen LogP contribution is -2.22. The molecule has 0 saturated carbocycles. The van der Waals surface area contributed by atoms with Crippen molar-refractivity contribution >= 4 is 0 Å². The molecule has 0 aliphatic carbocycles. The molecule has 0 amide bonds. The van der Waals surface area contributed by atoms with Gasteiger partial charge in [0.05, 0.1) is 6.07 Å². The first kappa shape index (κ1) is 15.7. The summed E-state index contributed by atoms with van der Waals surface area (Å²) in [5.74, 6) is 0.590. The third-order valence-electron chi connectivity index (χ3n) is 3.63. The molecule has 0 unspecified atom stereocenters. The number of nitrogens with zero attached hydrogens (tertiary/aromatic N) is 2. The van der Waals surface area contributed by atoms with Crippen LogP contribution in [-0.4, -0.2) is 25.0 Å². The molecule has 104 valence electrons. The Morgan fingerprint density at radius 2 is 2.00 bits per heavy atom. The molecule has 19 heavy (non-hydrogen) atoms. The van der Waals surface area contributed by atoms with E-state index in [4.69, 9.17) is 5.26 Å². The molecule has 0 aliphatic rings. The second-order valence-corrected chi connectivity index (χ2v) is 5.66. The lowest BCUT2D eigenvalue weighted by atomic mass is 9.96. The van der Waals surface area contributed by atoms with E-state index >= 15 is 0 Å². The highest BCUT2D eigenvalue weighted by Crippen LogP contribution is 2.19. The van der Waals surface area contributed by atoms with Crippen molar-refractivity contribution in [2.45, 2.75) is 46.0 Å². The van der Waals surface area contributed by atoms with Crippen LogP contribution < -0.4 is 0 Å². The van der Waals surface area contributed by atoms with E-state index < -0.39 is 0 Å². The SMILES string of the molecule is Cc1ccc(C(C)C)cc1CCN(C)CCCC#N. The van der Waals surface area contributed by atoms with Crippen molar-refractivity contribution in [2.75, 3.05) is 20.1 Å². The number of unbranched alkanes of at least 4 members (excludes halogenated alkanes) is 1. The summed E-state index contributed by atoms with van der Waals surface area (Å²) < 4.78 is 0. The Morgan fingerprint density at radius 3 is 2.63 bits per heavy atom. The molecule has 0 heterocycles. The van der Waals surface area contributed by atoms with E-state index in [1.807, 2.05) is 0 Å². The molecule has 2 heteroatoms. The summed E-state index contributed by atoms with van der Waals surface area (Å²) in [6.07, 6.45) is 2.72. The number of benzene rings is 1. The van der Waals surface area contributed by atoms with Crippen LogP contribution in [0.25, 0.3) is 0 Å². The largest absolute Gasteiger partial charge is 0.306 e. The van der Waals surface area contributed by atoms with Gasteiger partial charge in [-0.25, -0.2) is 0 Å². The van der Waals surface area contributed by atoms with Crippen molar-refractivity contribution in [1.82, 2.24) is 4.90 Å². The van der Waals surface area contributed by atoms with Crippen LogP contribution in [0, 0.1) is 18.3 Å². The fraction of sp³-hybridized carbons (Fsp3) is 0.588. The van der Waals surface area contributed by atoms with E-state index in [1.165, 1.54) is 16.7 Å². The molecule has 0 aliphatic heterocycles. The Bertz CT molecular complexity index is 429. The molecular formula is C17H26N2. The van der Waals surface area contributed by atoms with Gasteiger partial charge in [-0.15, -0.1) is 0 Å². The molecule has 0 radical (unpaired) electrons. The van der Waals surface area contributed by atoms with Crippen molar-refractivity contribution in [3.8, 4) is 6.07 Å². The minimum atomic E-state index is 0.590. The zero-order valence-corrected chi connectivity index (χ0v) is 12.7. The number of nitriles is 1. The standard InChI is InChI=1S/C17H26N2/c1-14(2)16-8-7-15(3)17(13-16)9-12-19(4)11-6-5-10-18/h7-8,13-14H,5-6,9,11-12H2,1-4H3. The van der Waals surface area contributed by atoms with Gasteiger partial charge in [0.2, 0.25) is 0 Å². The number of rotatable bonds is 7. The van der Waals surface area contributed by atoms with Crippen LogP contribution in [0.3, 0.4) is 0 Å². The summed E-state index contributed by atoms with van der Waals surface area (Å²) in [4.78, 5) is 2.32. The second-order valence-electron chi connectivity index (χ2n) is 5.66. The highest BCUT2D eigenvalue weighted by atomic mass is 15.1. The maximum Gasteiger partial charge on any atom is 0.0622 e. The third-order valence-corrected chi connectivity index (χ3v) is 3.63. The first-order valence-corrected chi connectivity index (χ1v) is 7.19. The van der Waals surface area contributed by atoms with E-state index in [0.717, 1.165) is 25.9 Å². The van der Waals surface area contributed by atoms with Gasteiger partial charge in [0.15, 0.2) is 0 Å². The third kappa shape index (κ3) is 5.44. The Labute approximate surface area is 118 Å². The maximum absolute atomic E-state index is 8.54. The molecule has 1 rings (SSSR count). The molecule has 0 saturated heterocycles. The lowest BCUT2D eigenvalue weighted by molar-refractivity contribution is 0.335. The van der Waals surface area contributed by atoms with Crippen molar-refractivity contribution < 1.29 is 0 Å². The van der Waals surface area contributed by atoms with Gasteiger partial charge in [-0.05, 0) is 56.0 Å². The molecule has 0 spiro atoms. The van der Waals surface area contributed by atoms with Crippen molar-refractivity contribution in [1.29, 1.82) is 5.26 Å². The molecular weight excluding hydrogens is 232 g/mol. The van der Waals surface area contributed by atoms with E-state index in [1.54, 1.807) is 0 Å². The lowest BCUT2D eigenvalue weighted by Gasteiger charge is -2.17. The second kappa shape index (κ2) is 7.96. The van der Waals surface area contributed by atoms with Crippen molar-refractivity contribution in [3.05, 3.63) is 34.9 Å². The summed E-state index contributed by atoms with van der Waals surface area (Å²) in [6, 6.07) is 9.02. The Kier molecular flexibility index (Phi) is 6.59. The van der Waals surface area contributed by atoms with Crippen molar-refractivity contribution in [2.24, 2.45) is 0 Å². The van der Waals surface area contributed by atoms with E-state index in [2.05, 4.69) is 57.0 Å². The molecule has 2 nitrogen and oxygen atoms in total. The summed E-state index contributed by atoms with van der Waals surface area (Å²) in [5, 5.41) is 8.54. The summed E-state index contributed by atoms with van der Waals surface area (Å²) in [7, 11) is 2.14. The Balaban J connectivity index is 2.52. The Hall–Kier alpha value is -1.33. The molecule has 0 aromatic heterocycles. The monoisotopic (exact) mass is 258 g/mol. The predicted molar refractivity (Wildman–Crippen MR) is 81.3 cm³/mol. The van der Waals surface area contributed by atoms with Gasteiger partial charge in [0.1, 0.15) is 0 Å². The van der Waals surface area contributed by atoms with E-state index in [0.29, 0.717) is 12.3 Å². The van der Waals surface area contributed by atoms with Gasteiger partial charge in [-0.3, -0.25) is 0 Å². The molecule has 0 bridgehead atoms. The summed E-state index contributed by atoms with van der Waals surface area (Å²) >= 11 is 0. The van der Waals surface area contributed by atoms with Crippen LogP contribution in [-0.2, 0) is 6.42 Å². The van der Waals surface area contributed by atoms with Gasteiger partial charge in [-0.1, -0.05) is 32.0 Å². The van der Waals surface area contributed by atoms with Gasteiger partial charge in [0, 0.05) is 13.0 Å². The zero-order chi connectivity index (χ0) is 14.3. The minimum absolute atomic E-state index is 0.590. The smallest absolute Gasteiger partial charge is 0.0622 e. The number of hydrogen-bond acceptors (Lipinski definition) is 2. The zero-order valence-electron chi connectivity index (χ0n) is 12.7. The fourth-order valence-corrected chi connectivity index (χ4v) is 2.17. The predicted octanol–water partition coefficient (Wildman–Crippen LogP) is 3.90. The quantitative estimate of drug-likeness (QED) is 0.694. The number of likely N-dealkylation sites (N-methyl/N-ethyl adjacent to an activating group) is 1. The van der Waals surface area contributed by atoms with Crippen LogP contribution in [0.4, 0.5) is 0 Å². The van der Waals surface area contributed by atoms with Crippen LogP contribution in [0.15, 0.2) is 18.2 Å². The molecule has 0 N–H and O–H groups in total. The summed E-state index contributed by atoms with van der Waals surface area (Å²) in [5.41, 5.74) is 4.26. The average Bonchev–Trinajstić information content (AvgIpc) is 2.37. The van der Waals surface area contributed by atoms with Gasteiger partial charge >= 0.3 is 0 Å². The number of hydrogen-bond donors (Lipinski definition) is 0. The van der Waals surface area contributed by atoms with Crippen LogP contribution in [0.5, 0.6) is 0 Å². The molecule has 0 atom stereocenters. The van der Waals surface area contributed by atoms with Gasteiger partial charge < -0.3 is 4.90 Å². The Morgan fingerprint density at radius 1 is 1.26 bits per heavy atom. The van der Waals surface area contributed by atoms with Gasteiger partial charge in [0.25, 0.3) is 0 Å². The van der Waals surface area contributed by atoms with Crippen molar-refractivity contribution in [3.63, 3.8) is 0 Å². The first-order valence-electron chi connectivity index (χ1n) is 7.19. The van der Waals surface area contributed by atoms with E-state index in [-0.39, 0.29) is 0 Å². The van der Waals surface area contributed by atoms with E-state index in [9.17, 15) is 0 Å². The highest BCUT2D eigenvalue weighted by molar-refractivity contribution is 5.32. The normalized spacial score (nSPS) is 11.0. The first-order chi connectivity index (χ1) is 9.04. The highest BCUT2D eigenvalue weighted by Gasteiger charge is 2.05. The molecule has 0 fully saturated rings. The number of aryl methyl sites for hydroxylation is 1. The molecule has 1 aromatic carbocycles. The maximum atomic E-state index is 8.54. The fourth-order valence-electron chi connectivity index (χ4n) is 2.17. The topological polar surface area (TPSA) is 27.0 Å². The van der Waals surface area contributed by atoms with Crippen LogP contribution in [0.2, 0.25) is 0 Å². The van der Waals surface area contributed by atoms with Crippen LogP contribution in [0.1, 0.15) is 49.3 Å². The minimum Gasteiger partial charge on any atom is -0.306 e. The van der Waals surface area contributed by atoms with Gasteiger partial charge in [-0.2, -0.15) is 5.26 Å². The molecule has 1 aromatic rings. The van der Waals surface area contributed by atoms with Crippen LogP contribution >= 0.6 is 0 Å². The summed E-state index contributed by atoms with van der Waals surface area (Å²) in [6.45, 7) is 8.74. The average molecular weight is 258 g/mol.